The Hall–Kier alpha value is -2.15. The molecule has 0 saturated carbocycles. The number of ketones is 1. The zero-order valence-electron chi connectivity index (χ0n) is 11.4. The highest BCUT2D eigenvalue weighted by Gasteiger charge is 2.01. The van der Waals surface area contributed by atoms with Gasteiger partial charge in [-0.15, -0.1) is 0 Å². The quantitative estimate of drug-likeness (QED) is 0.700. The molecule has 2 rings (SSSR count). The largest absolute Gasteiger partial charge is 0.294 e. The highest BCUT2D eigenvalue weighted by Crippen LogP contribution is 2.03. The zero-order valence-corrected chi connectivity index (χ0v) is 11.4. The predicted octanol–water partition coefficient (Wildman–Crippen LogP) is 5.00. The van der Waals surface area contributed by atoms with Gasteiger partial charge in [0, 0.05) is 12.0 Å². The smallest absolute Gasteiger partial charge is 0.162 e. The lowest BCUT2D eigenvalue weighted by atomic mass is 10.1. The van der Waals surface area contributed by atoms with Gasteiger partial charge in [0.05, 0.1) is 0 Å². The summed E-state index contributed by atoms with van der Waals surface area (Å²) in [6, 6.07) is 19.4. The van der Waals surface area contributed by atoms with Crippen LogP contribution >= 0.6 is 0 Å². The second-order valence-electron chi connectivity index (χ2n) is 4.15. The number of benzene rings is 2. The molecule has 0 spiro atoms. The molecular formula is C18H20O. The van der Waals surface area contributed by atoms with Gasteiger partial charge in [0.2, 0.25) is 0 Å². The molecule has 1 nitrogen and oxygen atoms in total. The van der Waals surface area contributed by atoms with E-state index in [9.17, 15) is 4.79 Å². The van der Waals surface area contributed by atoms with Gasteiger partial charge in [0.1, 0.15) is 0 Å². The van der Waals surface area contributed by atoms with Crippen LogP contribution in [0, 0.1) is 0 Å². The van der Waals surface area contributed by atoms with Crippen molar-refractivity contribution in [2.24, 2.45) is 0 Å². The Balaban J connectivity index is 0.000000200. The Morgan fingerprint density at radius 3 is 1.95 bits per heavy atom. The van der Waals surface area contributed by atoms with Crippen molar-refractivity contribution in [3.05, 3.63) is 78.4 Å². The van der Waals surface area contributed by atoms with Gasteiger partial charge >= 0.3 is 0 Å². The van der Waals surface area contributed by atoms with E-state index >= 15 is 0 Å². The molecule has 0 amide bonds. The van der Waals surface area contributed by atoms with Crippen molar-refractivity contribution in [2.75, 3.05) is 0 Å². The first-order chi connectivity index (χ1) is 9.27. The summed E-state index contributed by atoms with van der Waals surface area (Å²) in [5, 5.41) is 0. The van der Waals surface area contributed by atoms with E-state index in [4.69, 9.17) is 0 Å². The Labute approximate surface area is 115 Å². The molecule has 0 aliphatic heterocycles. The summed E-state index contributed by atoms with van der Waals surface area (Å²) in [6.45, 7) is 5.65. The first-order valence-corrected chi connectivity index (χ1v) is 6.53. The number of carbonyl (C=O) groups is 1. The Kier molecular flexibility index (Phi) is 6.96. The molecule has 2 aromatic rings. The van der Waals surface area contributed by atoms with Crippen molar-refractivity contribution < 1.29 is 4.79 Å². The van der Waals surface area contributed by atoms with Gasteiger partial charge in [-0.2, -0.15) is 0 Å². The molecule has 98 valence electrons. The lowest BCUT2D eigenvalue weighted by Gasteiger charge is -1.96. The minimum atomic E-state index is 0.244. The van der Waals surface area contributed by atoms with Crippen molar-refractivity contribution in [1.82, 2.24) is 0 Å². The van der Waals surface area contributed by atoms with Crippen molar-refractivity contribution in [1.29, 1.82) is 0 Å². The average Bonchev–Trinajstić information content (AvgIpc) is 2.50. The van der Waals surface area contributed by atoms with Gasteiger partial charge in [0.25, 0.3) is 0 Å². The lowest BCUT2D eigenvalue weighted by molar-refractivity contribution is 0.0982. The van der Waals surface area contributed by atoms with E-state index < -0.39 is 0 Å². The van der Waals surface area contributed by atoms with Gasteiger partial charge in [-0.25, -0.2) is 0 Å². The van der Waals surface area contributed by atoms with Crippen LogP contribution in [0.15, 0.2) is 67.2 Å². The molecule has 19 heavy (non-hydrogen) atoms. The summed E-state index contributed by atoms with van der Waals surface area (Å²) in [7, 11) is 0. The van der Waals surface area contributed by atoms with Crippen molar-refractivity contribution >= 4 is 11.9 Å². The number of rotatable bonds is 4. The minimum Gasteiger partial charge on any atom is -0.294 e. The monoisotopic (exact) mass is 252 g/mol. The third-order valence-electron chi connectivity index (χ3n) is 2.61. The molecule has 0 N–H and O–H groups in total. The molecular weight excluding hydrogens is 232 g/mol. The van der Waals surface area contributed by atoms with Gasteiger partial charge in [-0.3, -0.25) is 4.79 Å². The van der Waals surface area contributed by atoms with Crippen LogP contribution in [0.2, 0.25) is 0 Å². The van der Waals surface area contributed by atoms with Crippen LogP contribution in [0.3, 0.4) is 0 Å². The Morgan fingerprint density at radius 2 is 1.53 bits per heavy atom. The molecule has 0 fully saturated rings. The molecule has 0 aliphatic rings. The summed E-state index contributed by atoms with van der Waals surface area (Å²) < 4.78 is 0. The Bertz CT molecular complexity index is 486. The maximum atomic E-state index is 11.2. The van der Waals surface area contributed by atoms with Crippen LogP contribution < -0.4 is 0 Å². The molecule has 0 radical (unpaired) electrons. The number of hydrogen-bond acceptors (Lipinski definition) is 1. The van der Waals surface area contributed by atoms with Gasteiger partial charge in [0.15, 0.2) is 5.78 Å². The van der Waals surface area contributed by atoms with E-state index in [1.165, 1.54) is 5.56 Å². The van der Waals surface area contributed by atoms with Gasteiger partial charge in [-0.1, -0.05) is 80.2 Å². The molecule has 0 bridgehead atoms. The number of hydrogen-bond donors (Lipinski definition) is 0. The van der Waals surface area contributed by atoms with Gasteiger partial charge < -0.3 is 0 Å². The Morgan fingerprint density at radius 1 is 1.00 bits per heavy atom. The van der Waals surface area contributed by atoms with E-state index in [-0.39, 0.29) is 5.78 Å². The predicted molar refractivity (Wildman–Crippen MR) is 82.2 cm³/mol. The van der Waals surface area contributed by atoms with E-state index in [2.05, 4.69) is 6.58 Å². The highest BCUT2D eigenvalue weighted by molar-refractivity contribution is 5.95. The van der Waals surface area contributed by atoms with E-state index in [1.54, 1.807) is 0 Å². The standard InChI is InChI=1S/C10H12O.C8H8/c1-2-6-10(11)9-7-4-3-5-8-9;1-2-8-6-4-3-5-7-8/h3-5,7-8H,2,6H2,1H3;2-7H,1H2. The molecule has 0 unspecified atom stereocenters. The average molecular weight is 252 g/mol. The number of Topliss-reactive ketones (excluding diaryl/α,β-unsaturated/α-hetero) is 1. The van der Waals surface area contributed by atoms with Crippen LogP contribution in [0.1, 0.15) is 35.7 Å². The molecule has 1 heteroatoms. The fraction of sp³-hybridized carbons (Fsp3) is 0.167. The van der Waals surface area contributed by atoms with Crippen LogP contribution in [-0.4, -0.2) is 5.78 Å². The SMILES string of the molecule is C=Cc1ccccc1.CCCC(=O)c1ccccc1. The summed E-state index contributed by atoms with van der Waals surface area (Å²) in [5.74, 6) is 0.244. The first-order valence-electron chi connectivity index (χ1n) is 6.53. The summed E-state index contributed by atoms with van der Waals surface area (Å²) in [6.07, 6.45) is 3.41. The minimum absolute atomic E-state index is 0.244. The fourth-order valence-corrected chi connectivity index (χ4v) is 1.58. The fourth-order valence-electron chi connectivity index (χ4n) is 1.58. The van der Waals surface area contributed by atoms with Crippen LogP contribution in [0.25, 0.3) is 6.08 Å². The maximum absolute atomic E-state index is 11.2. The molecule has 0 saturated heterocycles. The zero-order chi connectivity index (χ0) is 13.9. The number of carbonyl (C=O) groups excluding carboxylic acids is 1. The van der Waals surface area contributed by atoms with E-state index in [0.29, 0.717) is 6.42 Å². The molecule has 0 heterocycles. The first kappa shape index (κ1) is 14.9. The molecule has 0 atom stereocenters. The third-order valence-corrected chi connectivity index (χ3v) is 2.61. The molecule has 0 aliphatic carbocycles. The van der Waals surface area contributed by atoms with Crippen molar-refractivity contribution in [2.45, 2.75) is 19.8 Å². The second-order valence-corrected chi connectivity index (χ2v) is 4.15. The third kappa shape index (κ3) is 5.82. The van der Waals surface area contributed by atoms with Crippen LogP contribution in [-0.2, 0) is 0 Å². The summed E-state index contributed by atoms with van der Waals surface area (Å²) in [4.78, 5) is 11.2. The van der Waals surface area contributed by atoms with Crippen molar-refractivity contribution in [3.8, 4) is 0 Å². The topological polar surface area (TPSA) is 17.1 Å². The second kappa shape index (κ2) is 8.87. The highest BCUT2D eigenvalue weighted by atomic mass is 16.1. The van der Waals surface area contributed by atoms with Crippen LogP contribution in [0.5, 0.6) is 0 Å². The summed E-state index contributed by atoms with van der Waals surface area (Å²) in [5.41, 5.74) is 2.00. The summed E-state index contributed by atoms with van der Waals surface area (Å²) >= 11 is 0. The molecule has 2 aromatic carbocycles. The van der Waals surface area contributed by atoms with E-state index in [0.717, 1.165) is 12.0 Å². The maximum Gasteiger partial charge on any atom is 0.162 e. The van der Waals surface area contributed by atoms with Gasteiger partial charge in [-0.05, 0) is 12.0 Å². The van der Waals surface area contributed by atoms with Crippen LogP contribution in [0.4, 0.5) is 0 Å². The lowest BCUT2D eigenvalue weighted by Crippen LogP contribution is -1.96. The van der Waals surface area contributed by atoms with E-state index in [1.807, 2.05) is 73.7 Å². The van der Waals surface area contributed by atoms with Crippen molar-refractivity contribution in [3.63, 3.8) is 0 Å². The molecule has 0 aromatic heterocycles. The normalized spacial score (nSPS) is 9.11.